The van der Waals surface area contributed by atoms with E-state index in [0.717, 1.165) is 16.6 Å². The van der Waals surface area contributed by atoms with E-state index in [9.17, 15) is 4.39 Å². The van der Waals surface area contributed by atoms with Gasteiger partial charge in [0, 0.05) is 28.7 Å². The molecule has 0 spiro atoms. The first kappa shape index (κ1) is 15.4. The quantitative estimate of drug-likeness (QED) is 0.854. The van der Waals surface area contributed by atoms with E-state index < -0.39 is 0 Å². The first-order chi connectivity index (χ1) is 10.2. The van der Waals surface area contributed by atoms with Crippen LogP contribution < -0.4 is 10.6 Å². The smallest absolute Gasteiger partial charge is 0.127 e. The molecule has 0 bridgehead atoms. The molecule has 3 unspecified atom stereocenters. The first-order valence-corrected chi connectivity index (χ1v) is 8.94. The van der Waals surface area contributed by atoms with Crippen LogP contribution in [0.4, 0.5) is 4.39 Å². The highest BCUT2D eigenvalue weighted by atomic mass is 79.9. The second-order valence-corrected chi connectivity index (χ2v) is 7.29. The van der Waals surface area contributed by atoms with Crippen LogP contribution in [0.15, 0.2) is 22.7 Å². The van der Waals surface area contributed by atoms with Gasteiger partial charge in [0.05, 0.1) is 0 Å². The zero-order valence-electron chi connectivity index (χ0n) is 12.4. The summed E-state index contributed by atoms with van der Waals surface area (Å²) in [5.41, 5.74) is 0.756. The van der Waals surface area contributed by atoms with E-state index in [2.05, 4.69) is 26.6 Å². The second kappa shape index (κ2) is 7.21. The maximum atomic E-state index is 13.8. The highest BCUT2D eigenvalue weighted by molar-refractivity contribution is 9.10. The van der Waals surface area contributed by atoms with E-state index >= 15 is 0 Å². The fraction of sp³-hybridized carbons (Fsp3) is 0.647. The predicted molar refractivity (Wildman–Crippen MR) is 87.7 cm³/mol. The number of hydrogen-bond acceptors (Lipinski definition) is 2. The standard InChI is InChI=1S/C17H24BrFN2/c18-13-7-8-15(19)12(10-13)11-21-17-6-3-4-14(17)16-5-1-2-9-20-16/h7-8,10,14,16-17,20-21H,1-6,9,11H2. The van der Waals surface area contributed by atoms with E-state index in [1.807, 2.05) is 6.07 Å². The number of piperidine rings is 1. The number of rotatable bonds is 4. The van der Waals surface area contributed by atoms with Gasteiger partial charge in [0.2, 0.25) is 0 Å². The molecule has 116 valence electrons. The van der Waals surface area contributed by atoms with Crippen LogP contribution in [-0.2, 0) is 6.54 Å². The molecular formula is C17H24BrFN2. The van der Waals surface area contributed by atoms with Crippen molar-refractivity contribution in [3.05, 3.63) is 34.1 Å². The maximum absolute atomic E-state index is 13.8. The third-order valence-corrected chi connectivity index (χ3v) is 5.49. The van der Waals surface area contributed by atoms with Crippen LogP contribution in [0.1, 0.15) is 44.1 Å². The Morgan fingerprint density at radius 2 is 2.10 bits per heavy atom. The Morgan fingerprint density at radius 3 is 2.90 bits per heavy atom. The molecule has 21 heavy (non-hydrogen) atoms. The average Bonchev–Trinajstić information content (AvgIpc) is 2.97. The Hall–Kier alpha value is -0.450. The summed E-state index contributed by atoms with van der Waals surface area (Å²) in [6.07, 6.45) is 7.77. The van der Waals surface area contributed by atoms with Gasteiger partial charge in [-0.25, -0.2) is 4.39 Å². The Kier molecular flexibility index (Phi) is 5.30. The van der Waals surface area contributed by atoms with Gasteiger partial charge in [0.15, 0.2) is 0 Å². The third-order valence-electron chi connectivity index (χ3n) is 5.00. The van der Waals surface area contributed by atoms with Crippen LogP contribution in [0.2, 0.25) is 0 Å². The van der Waals surface area contributed by atoms with Gasteiger partial charge in [-0.2, -0.15) is 0 Å². The molecule has 1 aromatic carbocycles. The summed E-state index contributed by atoms with van der Waals surface area (Å²) in [5, 5.41) is 7.30. The molecule has 3 atom stereocenters. The zero-order chi connectivity index (χ0) is 14.7. The molecule has 1 aliphatic heterocycles. The van der Waals surface area contributed by atoms with Gasteiger partial charge < -0.3 is 10.6 Å². The summed E-state index contributed by atoms with van der Waals surface area (Å²) in [7, 11) is 0. The van der Waals surface area contributed by atoms with Gasteiger partial charge >= 0.3 is 0 Å². The van der Waals surface area contributed by atoms with E-state index in [4.69, 9.17) is 0 Å². The molecule has 1 aromatic rings. The summed E-state index contributed by atoms with van der Waals surface area (Å²) in [5.74, 6) is 0.594. The normalized spacial score (nSPS) is 29.7. The summed E-state index contributed by atoms with van der Waals surface area (Å²) in [6.45, 7) is 1.79. The third kappa shape index (κ3) is 3.85. The molecule has 2 aliphatic rings. The SMILES string of the molecule is Fc1ccc(Br)cc1CNC1CCCC1C1CCCCN1. The molecule has 3 rings (SSSR count). The van der Waals surface area contributed by atoms with Crippen molar-refractivity contribution in [3.8, 4) is 0 Å². The van der Waals surface area contributed by atoms with Crippen molar-refractivity contribution < 1.29 is 4.39 Å². The van der Waals surface area contributed by atoms with E-state index in [-0.39, 0.29) is 5.82 Å². The van der Waals surface area contributed by atoms with Gasteiger partial charge in [-0.15, -0.1) is 0 Å². The molecule has 1 aliphatic carbocycles. The van der Waals surface area contributed by atoms with Crippen molar-refractivity contribution in [1.29, 1.82) is 0 Å². The fourth-order valence-corrected chi connectivity index (χ4v) is 4.30. The summed E-state index contributed by atoms with van der Waals surface area (Å²) < 4.78 is 14.8. The van der Waals surface area contributed by atoms with E-state index in [1.165, 1.54) is 44.6 Å². The van der Waals surface area contributed by atoms with Crippen molar-refractivity contribution in [2.24, 2.45) is 5.92 Å². The lowest BCUT2D eigenvalue weighted by atomic mass is 9.88. The van der Waals surface area contributed by atoms with Crippen LogP contribution >= 0.6 is 15.9 Å². The van der Waals surface area contributed by atoms with Crippen molar-refractivity contribution in [1.82, 2.24) is 10.6 Å². The molecule has 4 heteroatoms. The minimum absolute atomic E-state index is 0.115. The van der Waals surface area contributed by atoms with Crippen molar-refractivity contribution in [2.75, 3.05) is 6.54 Å². The topological polar surface area (TPSA) is 24.1 Å². The molecule has 1 heterocycles. The average molecular weight is 355 g/mol. The zero-order valence-corrected chi connectivity index (χ0v) is 14.0. The molecule has 1 saturated heterocycles. The fourth-order valence-electron chi connectivity index (χ4n) is 3.89. The van der Waals surface area contributed by atoms with Gasteiger partial charge in [-0.1, -0.05) is 28.8 Å². The second-order valence-electron chi connectivity index (χ2n) is 6.37. The number of nitrogens with one attached hydrogen (secondary N) is 2. The molecular weight excluding hydrogens is 331 g/mol. The van der Waals surface area contributed by atoms with Gasteiger partial charge in [0.25, 0.3) is 0 Å². The summed E-state index contributed by atoms with van der Waals surface area (Å²) in [4.78, 5) is 0. The first-order valence-electron chi connectivity index (χ1n) is 8.15. The summed E-state index contributed by atoms with van der Waals surface area (Å²) in [6, 6.07) is 6.36. The van der Waals surface area contributed by atoms with E-state index in [1.54, 1.807) is 6.07 Å². The van der Waals surface area contributed by atoms with Crippen molar-refractivity contribution in [3.63, 3.8) is 0 Å². The monoisotopic (exact) mass is 354 g/mol. The largest absolute Gasteiger partial charge is 0.314 e. The van der Waals surface area contributed by atoms with Gasteiger partial charge in [-0.3, -0.25) is 0 Å². The van der Waals surface area contributed by atoms with Crippen LogP contribution in [0.25, 0.3) is 0 Å². The molecule has 0 aromatic heterocycles. The van der Waals surface area contributed by atoms with Gasteiger partial charge in [0.1, 0.15) is 5.82 Å². The Balaban J connectivity index is 1.59. The van der Waals surface area contributed by atoms with Crippen LogP contribution in [0.3, 0.4) is 0 Å². The van der Waals surface area contributed by atoms with Crippen LogP contribution in [0, 0.1) is 11.7 Å². The molecule has 2 N–H and O–H groups in total. The van der Waals surface area contributed by atoms with Crippen LogP contribution in [-0.4, -0.2) is 18.6 Å². The molecule has 1 saturated carbocycles. The van der Waals surface area contributed by atoms with Crippen molar-refractivity contribution in [2.45, 2.75) is 57.2 Å². The lowest BCUT2D eigenvalue weighted by Gasteiger charge is -2.33. The highest BCUT2D eigenvalue weighted by Gasteiger charge is 2.33. The Labute approximate surface area is 135 Å². The molecule has 2 fully saturated rings. The predicted octanol–water partition coefficient (Wildman–Crippen LogP) is 3.99. The van der Waals surface area contributed by atoms with Gasteiger partial charge in [-0.05, 0) is 56.3 Å². The van der Waals surface area contributed by atoms with Crippen molar-refractivity contribution >= 4 is 15.9 Å². The minimum atomic E-state index is -0.115. The molecule has 0 amide bonds. The Bertz CT molecular complexity index is 474. The molecule has 0 radical (unpaired) electrons. The minimum Gasteiger partial charge on any atom is -0.314 e. The number of hydrogen-bond donors (Lipinski definition) is 2. The number of benzene rings is 1. The summed E-state index contributed by atoms with van der Waals surface area (Å²) >= 11 is 3.42. The lowest BCUT2D eigenvalue weighted by molar-refractivity contribution is 0.256. The number of halogens is 2. The molecule has 2 nitrogen and oxygen atoms in total. The van der Waals surface area contributed by atoms with Crippen LogP contribution in [0.5, 0.6) is 0 Å². The Morgan fingerprint density at radius 1 is 1.19 bits per heavy atom. The maximum Gasteiger partial charge on any atom is 0.127 e. The highest BCUT2D eigenvalue weighted by Crippen LogP contribution is 2.32. The lowest BCUT2D eigenvalue weighted by Crippen LogP contribution is -2.46. The van der Waals surface area contributed by atoms with E-state index in [0.29, 0.717) is 24.5 Å².